The molecule has 24 heavy (non-hydrogen) atoms. The van der Waals surface area contributed by atoms with E-state index in [-0.39, 0.29) is 13.0 Å². The molecular weight excluding hydrogens is 370 g/mol. The summed E-state index contributed by atoms with van der Waals surface area (Å²) in [4.78, 5) is 42.9. The number of H-pyrrole nitrogens is 1. The second kappa shape index (κ2) is 6.01. The Kier molecular flexibility index (Phi) is 4.44. The molecule has 3 heterocycles. The predicted molar refractivity (Wildman–Crippen MR) is 76.1 cm³/mol. The minimum absolute atomic E-state index is 0.0495. The minimum atomic E-state index is -5.08. The van der Waals surface area contributed by atoms with Gasteiger partial charge in [0.15, 0.2) is 0 Å². The molecule has 2 aliphatic heterocycles. The lowest BCUT2D eigenvalue weighted by Gasteiger charge is -2.29. The lowest BCUT2D eigenvalue weighted by Crippen LogP contribution is -2.34. The van der Waals surface area contributed by atoms with Gasteiger partial charge in [-0.2, -0.15) is 4.31 Å². The number of fused-ring (bicyclic) bond motifs is 1. The van der Waals surface area contributed by atoms with Gasteiger partial charge in [0, 0.05) is 18.2 Å². The van der Waals surface area contributed by atoms with Crippen LogP contribution in [0.2, 0.25) is 0 Å². The van der Waals surface area contributed by atoms with Crippen LogP contribution in [0.25, 0.3) is 0 Å². The maximum absolute atomic E-state index is 12.1. The second-order valence-electron chi connectivity index (χ2n) is 5.30. The van der Waals surface area contributed by atoms with E-state index < -0.39 is 45.3 Å². The van der Waals surface area contributed by atoms with E-state index in [1.54, 1.807) is 0 Å². The number of aromatic nitrogens is 2. The number of aryl methyl sites for hydroxylation is 1. The quantitative estimate of drug-likeness (QED) is 0.592. The van der Waals surface area contributed by atoms with E-state index in [1.807, 2.05) is 0 Å². The van der Waals surface area contributed by atoms with E-state index in [2.05, 4.69) is 9.29 Å². The van der Waals surface area contributed by atoms with Crippen molar-refractivity contribution in [3.63, 3.8) is 0 Å². The normalized spacial score (nSPS) is 33.4. The molecule has 0 spiro atoms. The number of phosphoric ester groups is 1. The van der Waals surface area contributed by atoms with Gasteiger partial charge in [0.05, 0.1) is 6.61 Å². The van der Waals surface area contributed by atoms with Crippen LogP contribution in [0.3, 0.4) is 0 Å². The molecule has 0 aliphatic carbocycles. The Labute approximate surface area is 134 Å². The monoisotopic (exact) mass is 384 g/mol. The maximum atomic E-state index is 12.1. The van der Waals surface area contributed by atoms with Gasteiger partial charge in [-0.15, -0.1) is 0 Å². The Balaban J connectivity index is 1.80. The van der Waals surface area contributed by atoms with Crippen molar-refractivity contribution in [3.8, 4) is 0 Å². The zero-order valence-corrected chi connectivity index (χ0v) is 14.0. The molecule has 0 amide bonds. The number of hydrogen-bond donors (Lipinski definition) is 3. The van der Waals surface area contributed by atoms with E-state index in [0.717, 1.165) is 4.57 Å². The predicted octanol–water partition coefficient (Wildman–Crippen LogP) is -0.235. The number of hydrogen-bond acceptors (Lipinski definition) is 8. The first kappa shape index (κ1) is 17.7. The molecule has 3 rings (SSSR count). The average Bonchev–Trinajstić information content (AvgIpc) is 2.82. The third-order valence-corrected chi connectivity index (χ3v) is 6.15. The largest absolute Gasteiger partial charge is 0.484 e. The van der Waals surface area contributed by atoms with Gasteiger partial charge in [0.25, 0.3) is 5.56 Å². The van der Waals surface area contributed by atoms with Gasteiger partial charge in [0.2, 0.25) is 0 Å². The summed E-state index contributed by atoms with van der Waals surface area (Å²) in [7, 11) is -9.52. The average molecular weight is 384 g/mol. The molecule has 134 valence electrons. The first-order valence-electron chi connectivity index (χ1n) is 6.74. The second-order valence-corrected chi connectivity index (χ2v) is 8.30. The molecule has 1 aromatic heterocycles. The third kappa shape index (κ3) is 3.61. The van der Waals surface area contributed by atoms with Crippen LogP contribution in [0.1, 0.15) is 18.2 Å². The van der Waals surface area contributed by atoms with Crippen molar-refractivity contribution >= 4 is 15.6 Å². The molecule has 0 radical (unpaired) electrons. The van der Waals surface area contributed by atoms with Crippen LogP contribution in [0.4, 0.5) is 0 Å². The number of nitrogens with one attached hydrogen (secondary N) is 1. The van der Waals surface area contributed by atoms with Gasteiger partial charge in [-0.25, -0.2) is 13.9 Å². The molecule has 1 aromatic rings. The fraction of sp³-hybridized carbons (Fsp3) is 0.600. The maximum Gasteiger partial charge on any atom is 0.484 e. The summed E-state index contributed by atoms with van der Waals surface area (Å²) in [5, 5.41) is 0. The van der Waals surface area contributed by atoms with Crippen molar-refractivity contribution in [3.05, 3.63) is 32.6 Å². The minimum Gasteiger partial charge on any atom is -0.349 e. The smallest absolute Gasteiger partial charge is 0.349 e. The molecule has 2 fully saturated rings. The van der Waals surface area contributed by atoms with Crippen LogP contribution >= 0.6 is 15.6 Å². The summed E-state index contributed by atoms with van der Waals surface area (Å²) in [5.41, 5.74) is -0.920. The molecule has 12 nitrogen and oxygen atoms in total. The summed E-state index contributed by atoms with van der Waals surface area (Å²) in [6.07, 6.45) is -1.03. The first-order chi connectivity index (χ1) is 11.1. The van der Waals surface area contributed by atoms with Crippen molar-refractivity contribution in [1.29, 1.82) is 0 Å². The summed E-state index contributed by atoms with van der Waals surface area (Å²) in [6.45, 7) is 1.22. The zero-order chi connectivity index (χ0) is 17.7. The molecule has 1 unspecified atom stereocenters. The zero-order valence-electron chi connectivity index (χ0n) is 12.2. The molecule has 4 atom stereocenters. The Morgan fingerprint density at radius 1 is 1.42 bits per heavy atom. The van der Waals surface area contributed by atoms with Crippen molar-refractivity contribution in [2.75, 3.05) is 6.61 Å². The number of phosphoric acid groups is 2. The molecule has 2 saturated heterocycles. The number of ether oxygens (including phenoxy) is 1. The molecule has 2 aliphatic rings. The van der Waals surface area contributed by atoms with E-state index in [4.69, 9.17) is 23.6 Å². The van der Waals surface area contributed by atoms with Crippen molar-refractivity contribution < 1.29 is 37.0 Å². The van der Waals surface area contributed by atoms with Crippen LogP contribution in [0.5, 0.6) is 0 Å². The number of nitrogens with zero attached hydrogens (tertiary/aromatic N) is 1. The van der Waals surface area contributed by atoms with Gasteiger partial charge in [-0.1, -0.05) is 0 Å². The fourth-order valence-electron chi connectivity index (χ4n) is 2.47. The van der Waals surface area contributed by atoms with E-state index >= 15 is 0 Å². The molecule has 0 aromatic carbocycles. The highest BCUT2D eigenvalue weighted by Crippen LogP contribution is 2.64. The Bertz CT molecular complexity index is 856. The SMILES string of the molecule is Cc1cn([C@H]2C[C@@H]3OP(=O)(OP(=O)(O)O)OC[C@H]3O2)c(=O)[nH]c1=O. The summed E-state index contributed by atoms with van der Waals surface area (Å²) in [5.74, 6) is 0. The lowest BCUT2D eigenvalue weighted by molar-refractivity contribution is -0.0676. The van der Waals surface area contributed by atoms with Crippen molar-refractivity contribution in [2.45, 2.75) is 31.8 Å². The van der Waals surface area contributed by atoms with Crippen LogP contribution < -0.4 is 11.2 Å². The highest BCUT2D eigenvalue weighted by molar-refractivity contribution is 7.61. The highest BCUT2D eigenvalue weighted by Gasteiger charge is 2.50. The summed E-state index contributed by atoms with van der Waals surface area (Å²) < 4.78 is 43.5. The summed E-state index contributed by atoms with van der Waals surface area (Å²) in [6, 6.07) is 0. The van der Waals surface area contributed by atoms with Crippen molar-refractivity contribution in [1.82, 2.24) is 9.55 Å². The number of aromatic amines is 1. The highest BCUT2D eigenvalue weighted by atomic mass is 31.3. The Morgan fingerprint density at radius 2 is 2.12 bits per heavy atom. The van der Waals surface area contributed by atoms with Gasteiger partial charge < -0.3 is 14.5 Å². The van der Waals surface area contributed by atoms with Crippen LogP contribution in [0, 0.1) is 6.92 Å². The molecule has 0 saturated carbocycles. The van der Waals surface area contributed by atoms with E-state index in [1.165, 1.54) is 13.1 Å². The Morgan fingerprint density at radius 3 is 2.79 bits per heavy atom. The molecular formula is C10H14N2O10P2. The molecule has 14 heteroatoms. The lowest BCUT2D eigenvalue weighted by atomic mass is 10.2. The third-order valence-electron chi connectivity index (χ3n) is 3.50. The van der Waals surface area contributed by atoms with Crippen LogP contribution in [0.15, 0.2) is 15.8 Å². The van der Waals surface area contributed by atoms with Gasteiger partial charge in [-0.05, 0) is 6.92 Å². The van der Waals surface area contributed by atoms with Gasteiger partial charge in [-0.3, -0.25) is 23.4 Å². The fourth-order valence-corrected chi connectivity index (χ4v) is 4.79. The topological polar surface area (TPSA) is 166 Å². The van der Waals surface area contributed by atoms with Crippen LogP contribution in [-0.2, 0) is 27.2 Å². The van der Waals surface area contributed by atoms with E-state index in [9.17, 15) is 18.7 Å². The first-order valence-corrected chi connectivity index (χ1v) is 9.73. The van der Waals surface area contributed by atoms with E-state index in [0.29, 0.717) is 5.56 Å². The number of rotatable bonds is 3. The van der Waals surface area contributed by atoms with Gasteiger partial charge >= 0.3 is 21.3 Å². The van der Waals surface area contributed by atoms with Gasteiger partial charge in [0.1, 0.15) is 18.4 Å². The summed E-state index contributed by atoms with van der Waals surface area (Å²) >= 11 is 0. The Hall–Kier alpha value is -1.10. The molecule has 0 bridgehead atoms. The van der Waals surface area contributed by atoms with Crippen LogP contribution in [-0.4, -0.2) is 38.2 Å². The standard InChI is InChI=1S/C10H14N2O10P2/c1-5-3-12(10(14)11-9(5)13)8-2-6-7(20-8)4-19-24(18,21-6)22-23(15,16)17/h3,6-8H,2,4H2,1H3,(H,11,13,14)(H2,15,16,17)/t6-,7+,8+,24?/m0/s1. The van der Waals surface area contributed by atoms with Crippen molar-refractivity contribution in [2.24, 2.45) is 0 Å². The molecule has 3 N–H and O–H groups in total.